The smallest absolute Gasteiger partial charge is 0.124 e. The van der Waals surface area contributed by atoms with Gasteiger partial charge < -0.3 is 5.73 Å². The van der Waals surface area contributed by atoms with E-state index in [0.29, 0.717) is 5.82 Å². The zero-order valence-corrected chi connectivity index (χ0v) is 13.0. The summed E-state index contributed by atoms with van der Waals surface area (Å²) < 4.78 is 0. The summed E-state index contributed by atoms with van der Waals surface area (Å²) in [5, 5.41) is 0. The molecule has 2 heterocycles. The van der Waals surface area contributed by atoms with Crippen molar-refractivity contribution in [3.63, 3.8) is 0 Å². The summed E-state index contributed by atoms with van der Waals surface area (Å²) >= 11 is 0. The zero-order valence-electron chi connectivity index (χ0n) is 13.0. The van der Waals surface area contributed by atoms with E-state index in [0.717, 1.165) is 34.5 Å². The van der Waals surface area contributed by atoms with Gasteiger partial charge in [-0.3, -0.25) is 4.99 Å². The summed E-state index contributed by atoms with van der Waals surface area (Å²) in [6, 6.07) is 18.7. The number of anilines is 1. The Balaban J connectivity index is 1.89. The Hall–Kier alpha value is -2.94. The minimum absolute atomic E-state index is 0.537. The van der Waals surface area contributed by atoms with Gasteiger partial charge in [0.2, 0.25) is 0 Å². The van der Waals surface area contributed by atoms with Crippen LogP contribution in [-0.4, -0.2) is 11.2 Å². The van der Waals surface area contributed by atoms with Crippen LogP contribution in [0.5, 0.6) is 0 Å². The van der Waals surface area contributed by atoms with E-state index in [1.54, 1.807) is 0 Å². The van der Waals surface area contributed by atoms with E-state index in [4.69, 9.17) is 5.73 Å². The minimum Gasteiger partial charge on any atom is -0.384 e. The monoisotopic (exact) mass is 299 g/mol. The highest BCUT2D eigenvalue weighted by molar-refractivity contribution is 5.85. The van der Waals surface area contributed by atoms with Gasteiger partial charge in [-0.25, -0.2) is 4.98 Å². The van der Waals surface area contributed by atoms with Crippen molar-refractivity contribution in [3.8, 4) is 22.4 Å². The van der Waals surface area contributed by atoms with Crippen LogP contribution < -0.4 is 5.73 Å². The van der Waals surface area contributed by atoms with Crippen molar-refractivity contribution in [1.82, 2.24) is 4.98 Å². The minimum atomic E-state index is 0.537. The lowest BCUT2D eigenvalue weighted by Crippen LogP contribution is -1.96. The van der Waals surface area contributed by atoms with Gasteiger partial charge in [0, 0.05) is 23.8 Å². The molecule has 0 bridgehead atoms. The highest BCUT2D eigenvalue weighted by Crippen LogP contribution is 2.35. The van der Waals surface area contributed by atoms with Gasteiger partial charge in [0.1, 0.15) is 5.82 Å². The molecule has 0 aliphatic carbocycles. The predicted octanol–water partition coefficient (Wildman–Crippen LogP) is 4.56. The van der Waals surface area contributed by atoms with E-state index >= 15 is 0 Å². The number of nitrogens with zero attached hydrogens (tertiary/aromatic N) is 2. The van der Waals surface area contributed by atoms with Crippen molar-refractivity contribution in [2.75, 3.05) is 5.73 Å². The van der Waals surface area contributed by atoms with Gasteiger partial charge in [0.25, 0.3) is 0 Å². The largest absolute Gasteiger partial charge is 0.384 e. The number of hydrogen-bond acceptors (Lipinski definition) is 3. The summed E-state index contributed by atoms with van der Waals surface area (Å²) in [4.78, 5) is 8.98. The van der Waals surface area contributed by atoms with Gasteiger partial charge in [-0.2, -0.15) is 0 Å². The number of aliphatic imine (C=N–C) groups is 1. The molecule has 112 valence electrons. The number of pyridine rings is 1. The maximum atomic E-state index is 5.94. The summed E-state index contributed by atoms with van der Waals surface area (Å²) in [7, 11) is 0. The third-order valence-corrected chi connectivity index (χ3v) is 4.14. The summed E-state index contributed by atoms with van der Waals surface area (Å²) in [5.74, 6) is 0.537. The Bertz CT molecular complexity index is 926. The standard InChI is InChI=1S/C20H17N3/c1-13-3-2-4-16(11-13)20-17(6-8-19(21)23-20)14-5-7-18-15(12-14)9-10-22-18/h2-8,10-12H,9H2,1H3,(H2,21,23). The summed E-state index contributed by atoms with van der Waals surface area (Å²) in [5.41, 5.74) is 13.7. The molecule has 3 aromatic rings. The highest BCUT2D eigenvalue weighted by Gasteiger charge is 2.13. The van der Waals surface area contributed by atoms with Crippen LogP contribution >= 0.6 is 0 Å². The second-order valence-electron chi connectivity index (χ2n) is 5.86. The molecule has 0 saturated heterocycles. The second-order valence-corrected chi connectivity index (χ2v) is 5.86. The predicted molar refractivity (Wildman–Crippen MR) is 96.1 cm³/mol. The van der Waals surface area contributed by atoms with Crippen molar-refractivity contribution >= 4 is 17.7 Å². The fourth-order valence-electron chi connectivity index (χ4n) is 3.00. The van der Waals surface area contributed by atoms with Crippen LogP contribution in [0.1, 0.15) is 11.1 Å². The van der Waals surface area contributed by atoms with Gasteiger partial charge in [-0.05, 0) is 48.4 Å². The van der Waals surface area contributed by atoms with Gasteiger partial charge in [-0.1, -0.05) is 29.8 Å². The average molecular weight is 299 g/mol. The first kappa shape index (κ1) is 13.7. The van der Waals surface area contributed by atoms with Crippen LogP contribution in [0.4, 0.5) is 11.5 Å². The van der Waals surface area contributed by atoms with Gasteiger partial charge in [0.05, 0.1) is 11.4 Å². The molecule has 0 fully saturated rings. The highest BCUT2D eigenvalue weighted by atomic mass is 14.8. The normalized spacial score (nSPS) is 12.4. The van der Waals surface area contributed by atoms with Crippen LogP contribution in [0.15, 0.2) is 59.6 Å². The molecule has 2 N–H and O–H groups in total. The molecular weight excluding hydrogens is 282 g/mol. The van der Waals surface area contributed by atoms with Gasteiger partial charge in [-0.15, -0.1) is 0 Å². The maximum absolute atomic E-state index is 5.94. The van der Waals surface area contributed by atoms with Crippen molar-refractivity contribution in [3.05, 3.63) is 65.7 Å². The van der Waals surface area contributed by atoms with Crippen LogP contribution in [0.3, 0.4) is 0 Å². The first-order chi connectivity index (χ1) is 11.2. The fraction of sp³-hybridized carbons (Fsp3) is 0.100. The van der Waals surface area contributed by atoms with Crippen molar-refractivity contribution < 1.29 is 0 Å². The van der Waals surface area contributed by atoms with E-state index in [9.17, 15) is 0 Å². The Labute approximate surface area is 135 Å². The molecule has 3 nitrogen and oxygen atoms in total. The third-order valence-electron chi connectivity index (χ3n) is 4.14. The van der Waals surface area contributed by atoms with Crippen molar-refractivity contribution in [1.29, 1.82) is 0 Å². The Morgan fingerprint density at radius 3 is 2.74 bits per heavy atom. The molecule has 1 aromatic heterocycles. The van der Waals surface area contributed by atoms with Gasteiger partial charge >= 0.3 is 0 Å². The molecule has 0 saturated carbocycles. The number of nitrogens with two attached hydrogens (primary N) is 1. The van der Waals surface area contributed by atoms with Gasteiger partial charge in [0.15, 0.2) is 0 Å². The number of nitrogen functional groups attached to an aromatic ring is 1. The second kappa shape index (κ2) is 5.36. The molecule has 1 aliphatic heterocycles. The number of aryl methyl sites for hydroxylation is 1. The molecule has 1 aliphatic rings. The maximum Gasteiger partial charge on any atom is 0.124 e. The molecule has 0 radical (unpaired) electrons. The molecular formula is C20H17N3. The zero-order chi connectivity index (χ0) is 15.8. The van der Waals surface area contributed by atoms with E-state index in [-0.39, 0.29) is 0 Å². The molecule has 4 rings (SSSR count). The quantitative estimate of drug-likeness (QED) is 0.754. The Morgan fingerprint density at radius 1 is 0.957 bits per heavy atom. The van der Waals surface area contributed by atoms with Crippen molar-refractivity contribution in [2.45, 2.75) is 13.3 Å². The average Bonchev–Trinajstić information content (AvgIpc) is 3.02. The van der Waals surface area contributed by atoms with E-state index in [2.05, 4.69) is 65.4 Å². The topological polar surface area (TPSA) is 51.3 Å². The van der Waals surface area contributed by atoms with E-state index < -0.39 is 0 Å². The number of fused-ring (bicyclic) bond motifs is 1. The van der Waals surface area contributed by atoms with Crippen LogP contribution in [0.2, 0.25) is 0 Å². The lowest BCUT2D eigenvalue weighted by Gasteiger charge is -2.12. The number of aromatic nitrogens is 1. The lowest BCUT2D eigenvalue weighted by atomic mass is 9.96. The number of benzene rings is 2. The Kier molecular flexibility index (Phi) is 3.19. The van der Waals surface area contributed by atoms with Crippen LogP contribution in [-0.2, 0) is 6.42 Å². The van der Waals surface area contributed by atoms with E-state index in [1.165, 1.54) is 11.1 Å². The first-order valence-electron chi connectivity index (χ1n) is 7.70. The Morgan fingerprint density at radius 2 is 1.87 bits per heavy atom. The number of rotatable bonds is 2. The molecule has 3 heteroatoms. The summed E-state index contributed by atoms with van der Waals surface area (Å²) in [6.07, 6.45) is 2.85. The van der Waals surface area contributed by atoms with Crippen LogP contribution in [0.25, 0.3) is 22.4 Å². The summed E-state index contributed by atoms with van der Waals surface area (Å²) in [6.45, 7) is 2.09. The molecule has 23 heavy (non-hydrogen) atoms. The molecule has 0 amide bonds. The number of hydrogen-bond donors (Lipinski definition) is 1. The molecule has 0 unspecified atom stereocenters. The van der Waals surface area contributed by atoms with Crippen molar-refractivity contribution in [2.24, 2.45) is 4.99 Å². The molecule has 2 aromatic carbocycles. The third kappa shape index (κ3) is 2.50. The van der Waals surface area contributed by atoms with E-state index in [1.807, 2.05) is 12.3 Å². The molecule has 0 atom stereocenters. The SMILES string of the molecule is Cc1cccc(-c2nc(N)ccc2-c2ccc3c(c2)CC=N3)c1. The first-order valence-corrected chi connectivity index (χ1v) is 7.70. The lowest BCUT2D eigenvalue weighted by molar-refractivity contribution is 1.32. The fourth-order valence-corrected chi connectivity index (χ4v) is 3.00. The van der Waals surface area contributed by atoms with Crippen LogP contribution in [0, 0.1) is 6.92 Å². The molecule has 0 spiro atoms.